The third-order valence-corrected chi connectivity index (χ3v) is 2.58. The third kappa shape index (κ3) is 3.72. The molecule has 1 heterocycles. The molecule has 3 nitrogen and oxygen atoms in total. The molecule has 1 aliphatic heterocycles. The summed E-state index contributed by atoms with van der Waals surface area (Å²) in [5.41, 5.74) is 0. The predicted molar refractivity (Wildman–Crippen MR) is 54.6 cm³/mol. The van der Waals surface area contributed by atoms with Gasteiger partial charge in [0.2, 0.25) is 0 Å². The Morgan fingerprint density at radius 1 is 1.69 bits per heavy atom. The van der Waals surface area contributed by atoms with E-state index in [4.69, 9.17) is 4.74 Å². The van der Waals surface area contributed by atoms with E-state index in [9.17, 15) is 4.79 Å². The molecule has 0 bridgehead atoms. The summed E-state index contributed by atoms with van der Waals surface area (Å²) in [5.74, 6) is 1.12. The highest BCUT2D eigenvalue weighted by Gasteiger charge is 2.18. The number of amides is 1. The summed E-state index contributed by atoms with van der Waals surface area (Å²) in [7, 11) is 0. The van der Waals surface area contributed by atoms with Crippen molar-refractivity contribution in [3.63, 3.8) is 0 Å². The van der Waals surface area contributed by atoms with Crippen LogP contribution in [0, 0.1) is 0 Å². The highest BCUT2D eigenvalue weighted by molar-refractivity contribution is 8.02. The van der Waals surface area contributed by atoms with Crippen LogP contribution in [0.5, 0.6) is 0 Å². The molecule has 0 aromatic carbocycles. The number of nitrogens with zero attached hydrogens (tertiary/aromatic N) is 1. The van der Waals surface area contributed by atoms with Crippen molar-refractivity contribution in [2.45, 2.75) is 19.8 Å². The molecule has 0 spiro atoms. The first-order valence-electron chi connectivity index (χ1n) is 4.56. The van der Waals surface area contributed by atoms with Crippen molar-refractivity contribution in [1.29, 1.82) is 0 Å². The minimum Gasteiger partial charge on any atom is -0.447 e. The molecule has 0 N–H and O–H groups in total. The maximum atomic E-state index is 10.9. The van der Waals surface area contributed by atoms with Gasteiger partial charge in [-0.25, -0.2) is 4.79 Å². The number of rotatable bonds is 5. The second kappa shape index (κ2) is 5.91. The van der Waals surface area contributed by atoms with Crippen molar-refractivity contribution in [3.05, 3.63) is 11.6 Å². The van der Waals surface area contributed by atoms with E-state index in [1.807, 2.05) is 5.41 Å². The quantitative estimate of drug-likeness (QED) is 0.640. The van der Waals surface area contributed by atoms with E-state index in [2.05, 4.69) is 6.92 Å². The lowest BCUT2D eigenvalue weighted by molar-refractivity contribution is 0.166. The van der Waals surface area contributed by atoms with Crippen LogP contribution in [-0.4, -0.2) is 29.9 Å². The molecule has 13 heavy (non-hydrogen) atoms. The molecule has 74 valence electrons. The van der Waals surface area contributed by atoms with E-state index in [1.54, 1.807) is 22.9 Å². The van der Waals surface area contributed by atoms with Gasteiger partial charge in [0.15, 0.2) is 0 Å². The number of unbranched alkanes of at least 4 members (excludes halogenated alkanes) is 1. The SMILES string of the molecule is CCCCS/C=C/N1CCOC1=O. The molecule has 0 atom stereocenters. The molecule has 1 amide bonds. The zero-order valence-corrected chi connectivity index (χ0v) is 8.68. The van der Waals surface area contributed by atoms with Crippen LogP contribution >= 0.6 is 11.8 Å². The van der Waals surface area contributed by atoms with Crippen molar-refractivity contribution in [1.82, 2.24) is 4.90 Å². The molecule has 0 radical (unpaired) electrons. The molecule has 4 heteroatoms. The Morgan fingerprint density at radius 3 is 3.15 bits per heavy atom. The molecule has 0 aromatic heterocycles. The van der Waals surface area contributed by atoms with E-state index in [1.165, 1.54) is 12.8 Å². The topological polar surface area (TPSA) is 29.5 Å². The van der Waals surface area contributed by atoms with Crippen LogP contribution < -0.4 is 0 Å². The standard InChI is InChI=1S/C9H15NO2S/c1-2-3-7-13-8-5-10-4-6-12-9(10)11/h5,8H,2-4,6-7H2,1H3/b8-5+. The lowest BCUT2D eigenvalue weighted by Crippen LogP contribution is -2.16. The molecule has 1 saturated heterocycles. The largest absolute Gasteiger partial charge is 0.447 e. The molecule has 1 fully saturated rings. The smallest absolute Gasteiger partial charge is 0.413 e. The van der Waals surface area contributed by atoms with Crippen molar-refractivity contribution < 1.29 is 9.53 Å². The van der Waals surface area contributed by atoms with Gasteiger partial charge in [-0.2, -0.15) is 0 Å². The summed E-state index contributed by atoms with van der Waals surface area (Å²) < 4.78 is 4.77. The van der Waals surface area contributed by atoms with Gasteiger partial charge in [0.25, 0.3) is 0 Å². The highest BCUT2D eigenvalue weighted by Crippen LogP contribution is 2.09. The Hall–Kier alpha value is -0.640. The zero-order chi connectivity index (χ0) is 9.52. The zero-order valence-electron chi connectivity index (χ0n) is 7.86. The van der Waals surface area contributed by atoms with Crippen molar-refractivity contribution in [2.75, 3.05) is 18.9 Å². The summed E-state index contributed by atoms with van der Waals surface area (Å²) in [6, 6.07) is 0. The van der Waals surface area contributed by atoms with Gasteiger partial charge in [0.05, 0.1) is 6.54 Å². The van der Waals surface area contributed by atoms with Crippen LogP contribution in [-0.2, 0) is 4.74 Å². The van der Waals surface area contributed by atoms with Gasteiger partial charge in [-0.15, -0.1) is 11.8 Å². The second-order valence-electron chi connectivity index (χ2n) is 2.82. The van der Waals surface area contributed by atoms with E-state index in [0.717, 1.165) is 5.75 Å². The fourth-order valence-electron chi connectivity index (χ4n) is 0.953. The van der Waals surface area contributed by atoms with Gasteiger partial charge < -0.3 is 4.74 Å². The van der Waals surface area contributed by atoms with E-state index < -0.39 is 0 Å². The molecule has 1 rings (SSSR count). The first-order chi connectivity index (χ1) is 6.34. The minimum absolute atomic E-state index is 0.229. The fourth-order valence-corrected chi connectivity index (χ4v) is 1.78. The van der Waals surface area contributed by atoms with Gasteiger partial charge in [0.1, 0.15) is 6.61 Å². The molecule has 0 aliphatic carbocycles. The summed E-state index contributed by atoms with van der Waals surface area (Å²) >= 11 is 1.74. The molecule has 1 aliphatic rings. The third-order valence-electron chi connectivity index (χ3n) is 1.75. The van der Waals surface area contributed by atoms with Crippen LogP contribution in [0.25, 0.3) is 0 Å². The number of thioether (sulfide) groups is 1. The number of cyclic esters (lactones) is 1. The fraction of sp³-hybridized carbons (Fsp3) is 0.667. The van der Waals surface area contributed by atoms with Crippen molar-refractivity contribution >= 4 is 17.9 Å². The van der Waals surface area contributed by atoms with Crippen molar-refractivity contribution in [2.24, 2.45) is 0 Å². The van der Waals surface area contributed by atoms with Crippen LogP contribution in [0.4, 0.5) is 4.79 Å². The monoisotopic (exact) mass is 201 g/mol. The molecule has 0 unspecified atom stereocenters. The maximum Gasteiger partial charge on any atom is 0.413 e. The summed E-state index contributed by atoms with van der Waals surface area (Å²) in [5, 5.41) is 1.96. The summed E-state index contributed by atoms with van der Waals surface area (Å²) in [4.78, 5) is 12.5. The first-order valence-corrected chi connectivity index (χ1v) is 5.61. The minimum atomic E-state index is -0.229. The Kier molecular flexibility index (Phi) is 4.75. The van der Waals surface area contributed by atoms with E-state index >= 15 is 0 Å². The lowest BCUT2D eigenvalue weighted by Gasteiger charge is -2.03. The number of carbonyl (C=O) groups is 1. The van der Waals surface area contributed by atoms with Gasteiger partial charge in [0, 0.05) is 6.20 Å². The number of ether oxygens (including phenoxy) is 1. The number of carbonyl (C=O) groups excluding carboxylic acids is 1. The average Bonchev–Trinajstić information content (AvgIpc) is 2.52. The molecular formula is C9H15NO2S. The van der Waals surface area contributed by atoms with Crippen molar-refractivity contribution in [3.8, 4) is 0 Å². The van der Waals surface area contributed by atoms with E-state index in [0.29, 0.717) is 13.2 Å². The Bertz CT molecular complexity index is 194. The van der Waals surface area contributed by atoms with Crippen LogP contribution in [0.3, 0.4) is 0 Å². The number of hydrogen-bond donors (Lipinski definition) is 0. The predicted octanol–water partition coefficient (Wildman–Crippen LogP) is 2.44. The molecule has 0 aromatic rings. The normalized spacial score (nSPS) is 17.0. The molecular weight excluding hydrogens is 186 g/mol. The Balaban J connectivity index is 2.12. The second-order valence-corrected chi connectivity index (χ2v) is 3.83. The first kappa shape index (κ1) is 10.4. The highest BCUT2D eigenvalue weighted by atomic mass is 32.2. The van der Waals surface area contributed by atoms with E-state index in [-0.39, 0.29) is 6.09 Å². The Labute approximate surface area is 83.1 Å². The Morgan fingerprint density at radius 2 is 2.54 bits per heavy atom. The van der Waals surface area contributed by atoms with Gasteiger partial charge in [-0.1, -0.05) is 13.3 Å². The van der Waals surface area contributed by atoms with Crippen LogP contribution in [0.15, 0.2) is 11.6 Å². The maximum absolute atomic E-state index is 10.9. The lowest BCUT2D eigenvalue weighted by atomic mass is 10.4. The van der Waals surface area contributed by atoms with Crippen LogP contribution in [0.1, 0.15) is 19.8 Å². The molecule has 0 saturated carbocycles. The number of hydrogen-bond acceptors (Lipinski definition) is 3. The van der Waals surface area contributed by atoms with Gasteiger partial charge >= 0.3 is 6.09 Å². The van der Waals surface area contributed by atoms with Gasteiger partial charge in [-0.05, 0) is 17.6 Å². The summed E-state index contributed by atoms with van der Waals surface area (Å²) in [6.45, 7) is 3.37. The average molecular weight is 201 g/mol. The van der Waals surface area contributed by atoms with Gasteiger partial charge in [-0.3, -0.25) is 4.90 Å². The summed E-state index contributed by atoms with van der Waals surface area (Å²) in [6.07, 6.45) is 4.01. The van der Waals surface area contributed by atoms with Crippen LogP contribution in [0.2, 0.25) is 0 Å².